The Morgan fingerprint density at radius 3 is 3.00 bits per heavy atom. The van der Waals surface area contributed by atoms with Gasteiger partial charge in [-0.3, -0.25) is 0 Å². The lowest BCUT2D eigenvalue weighted by Gasteiger charge is -2.29. The molecule has 2 nitrogen and oxygen atoms in total. The fraction of sp³-hybridized carbons (Fsp3) is 1.00. The van der Waals surface area contributed by atoms with Crippen LogP contribution in [-0.2, 0) is 0 Å². The van der Waals surface area contributed by atoms with Crippen molar-refractivity contribution >= 4 is 0 Å². The van der Waals surface area contributed by atoms with Gasteiger partial charge in [0.25, 0.3) is 0 Å². The van der Waals surface area contributed by atoms with Crippen molar-refractivity contribution in [2.45, 2.75) is 19.3 Å². The van der Waals surface area contributed by atoms with Gasteiger partial charge in [-0.05, 0) is 52.4 Å². The predicted octanol–water partition coefficient (Wildman–Crippen LogP) is 0.938. The molecule has 1 fully saturated rings. The topological polar surface area (TPSA) is 15.3 Å². The Bertz CT molecular complexity index is 104. The van der Waals surface area contributed by atoms with E-state index in [-0.39, 0.29) is 0 Å². The van der Waals surface area contributed by atoms with E-state index in [1.165, 1.54) is 38.9 Å². The first-order valence-corrected chi connectivity index (χ1v) is 4.66. The molecule has 0 saturated carbocycles. The number of rotatable bonds is 3. The summed E-state index contributed by atoms with van der Waals surface area (Å²) >= 11 is 0. The van der Waals surface area contributed by atoms with E-state index in [1.54, 1.807) is 0 Å². The molecule has 0 radical (unpaired) electrons. The molecule has 2 heteroatoms. The van der Waals surface area contributed by atoms with Gasteiger partial charge in [-0.1, -0.05) is 0 Å². The van der Waals surface area contributed by atoms with Crippen LogP contribution in [0.2, 0.25) is 0 Å². The zero-order chi connectivity index (χ0) is 8.10. The fourth-order valence-corrected chi connectivity index (χ4v) is 1.86. The standard InChI is InChI=1S/C9H20N2/c1-10-6-5-9-4-3-7-11(2)8-9/h9-10H,3-8H2,1-2H3. The molecule has 1 aliphatic heterocycles. The van der Waals surface area contributed by atoms with Crippen LogP contribution < -0.4 is 5.32 Å². The summed E-state index contributed by atoms with van der Waals surface area (Å²) in [5.74, 6) is 0.946. The van der Waals surface area contributed by atoms with Crippen LogP contribution in [0.4, 0.5) is 0 Å². The third-order valence-electron chi connectivity index (χ3n) is 2.52. The molecule has 1 rings (SSSR count). The van der Waals surface area contributed by atoms with Gasteiger partial charge in [0, 0.05) is 6.54 Å². The van der Waals surface area contributed by atoms with Crippen LogP contribution >= 0.6 is 0 Å². The molecular formula is C9H20N2. The van der Waals surface area contributed by atoms with Gasteiger partial charge in [0.15, 0.2) is 0 Å². The second-order valence-electron chi connectivity index (χ2n) is 3.66. The molecule has 66 valence electrons. The van der Waals surface area contributed by atoms with E-state index in [0.29, 0.717) is 0 Å². The second kappa shape index (κ2) is 4.73. The molecular weight excluding hydrogens is 136 g/mol. The van der Waals surface area contributed by atoms with Crippen molar-refractivity contribution in [1.82, 2.24) is 10.2 Å². The summed E-state index contributed by atoms with van der Waals surface area (Å²) in [5, 5.41) is 3.21. The van der Waals surface area contributed by atoms with Crippen LogP contribution in [0, 0.1) is 5.92 Å². The van der Waals surface area contributed by atoms with E-state index in [0.717, 1.165) is 5.92 Å². The number of piperidine rings is 1. The van der Waals surface area contributed by atoms with E-state index in [9.17, 15) is 0 Å². The highest BCUT2D eigenvalue weighted by molar-refractivity contribution is 4.70. The molecule has 1 unspecified atom stereocenters. The third kappa shape index (κ3) is 3.21. The van der Waals surface area contributed by atoms with Crippen LogP contribution in [-0.4, -0.2) is 38.6 Å². The van der Waals surface area contributed by atoms with Crippen molar-refractivity contribution in [1.29, 1.82) is 0 Å². The van der Waals surface area contributed by atoms with Gasteiger partial charge in [0.05, 0.1) is 0 Å². The minimum atomic E-state index is 0.946. The molecule has 0 bridgehead atoms. The maximum absolute atomic E-state index is 3.21. The van der Waals surface area contributed by atoms with Gasteiger partial charge in [-0.2, -0.15) is 0 Å². The Morgan fingerprint density at radius 1 is 1.55 bits per heavy atom. The van der Waals surface area contributed by atoms with Crippen LogP contribution in [0.15, 0.2) is 0 Å². The Balaban J connectivity index is 2.12. The quantitative estimate of drug-likeness (QED) is 0.654. The van der Waals surface area contributed by atoms with Gasteiger partial charge < -0.3 is 10.2 Å². The lowest BCUT2D eigenvalue weighted by Crippen LogP contribution is -2.33. The molecule has 1 heterocycles. The smallest absolute Gasteiger partial charge is 0.000709 e. The largest absolute Gasteiger partial charge is 0.320 e. The summed E-state index contributed by atoms with van der Waals surface area (Å²) < 4.78 is 0. The monoisotopic (exact) mass is 156 g/mol. The van der Waals surface area contributed by atoms with Crippen molar-refractivity contribution in [2.75, 3.05) is 33.7 Å². The summed E-state index contributed by atoms with van der Waals surface area (Å²) in [6.45, 7) is 3.79. The second-order valence-corrected chi connectivity index (χ2v) is 3.66. The number of hydrogen-bond donors (Lipinski definition) is 1. The minimum absolute atomic E-state index is 0.946. The Hall–Kier alpha value is -0.0800. The normalized spacial score (nSPS) is 27.3. The van der Waals surface area contributed by atoms with E-state index < -0.39 is 0 Å². The molecule has 1 atom stereocenters. The molecule has 0 spiro atoms. The van der Waals surface area contributed by atoms with Crippen molar-refractivity contribution in [3.8, 4) is 0 Å². The highest BCUT2D eigenvalue weighted by Gasteiger charge is 2.15. The minimum Gasteiger partial charge on any atom is -0.320 e. The molecule has 1 aliphatic rings. The van der Waals surface area contributed by atoms with Gasteiger partial charge in [-0.25, -0.2) is 0 Å². The Morgan fingerprint density at radius 2 is 2.36 bits per heavy atom. The summed E-state index contributed by atoms with van der Waals surface area (Å²) in [6.07, 6.45) is 4.18. The fourth-order valence-electron chi connectivity index (χ4n) is 1.86. The lowest BCUT2D eigenvalue weighted by atomic mass is 9.95. The predicted molar refractivity (Wildman–Crippen MR) is 48.8 cm³/mol. The van der Waals surface area contributed by atoms with Gasteiger partial charge in [0.2, 0.25) is 0 Å². The van der Waals surface area contributed by atoms with Crippen LogP contribution in [0.25, 0.3) is 0 Å². The molecule has 1 N–H and O–H groups in total. The summed E-state index contributed by atoms with van der Waals surface area (Å²) in [6, 6.07) is 0. The number of likely N-dealkylation sites (tertiary alicyclic amines) is 1. The molecule has 0 aromatic carbocycles. The van der Waals surface area contributed by atoms with Crippen molar-refractivity contribution < 1.29 is 0 Å². The SMILES string of the molecule is CNCCC1CCCN(C)C1. The van der Waals surface area contributed by atoms with Crippen molar-refractivity contribution in [3.63, 3.8) is 0 Å². The molecule has 0 amide bonds. The zero-order valence-corrected chi connectivity index (χ0v) is 7.77. The summed E-state index contributed by atoms with van der Waals surface area (Å²) in [4.78, 5) is 2.45. The Kier molecular flexibility index (Phi) is 3.87. The molecule has 0 aromatic rings. The average molecular weight is 156 g/mol. The maximum Gasteiger partial charge on any atom is 0.000709 e. The van der Waals surface area contributed by atoms with Crippen LogP contribution in [0.3, 0.4) is 0 Å². The molecule has 0 aromatic heterocycles. The number of nitrogens with zero attached hydrogens (tertiary/aromatic N) is 1. The summed E-state index contributed by atoms with van der Waals surface area (Å²) in [7, 11) is 4.26. The molecule has 11 heavy (non-hydrogen) atoms. The third-order valence-corrected chi connectivity index (χ3v) is 2.52. The number of hydrogen-bond acceptors (Lipinski definition) is 2. The molecule has 1 saturated heterocycles. The lowest BCUT2D eigenvalue weighted by molar-refractivity contribution is 0.202. The highest BCUT2D eigenvalue weighted by atomic mass is 15.1. The van der Waals surface area contributed by atoms with Gasteiger partial charge in [-0.15, -0.1) is 0 Å². The van der Waals surface area contributed by atoms with Gasteiger partial charge in [0.1, 0.15) is 0 Å². The van der Waals surface area contributed by atoms with E-state index >= 15 is 0 Å². The molecule has 0 aliphatic carbocycles. The highest BCUT2D eigenvalue weighted by Crippen LogP contribution is 2.17. The average Bonchev–Trinajstić information content (AvgIpc) is 2.01. The van der Waals surface area contributed by atoms with Crippen molar-refractivity contribution in [2.24, 2.45) is 5.92 Å². The van der Waals surface area contributed by atoms with E-state index in [2.05, 4.69) is 17.3 Å². The van der Waals surface area contributed by atoms with Gasteiger partial charge >= 0.3 is 0 Å². The van der Waals surface area contributed by atoms with Crippen molar-refractivity contribution in [3.05, 3.63) is 0 Å². The van der Waals surface area contributed by atoms with E-state index in [4.69, 9.17) is 0 Å². The maximum atomic E-state index is 3.21. The zero-order valence-electron chi connectivity index (χ0n) is 7.77. The van der Waals surface area contributed by atoms with Crippen LogP contribution in [0.1, 0.15) is 19.3 Å². The number of nitrogens with one attached hydrogen (secondary N) is 1. The summed E-state index contributed by atoms with van der Waals surface area (Å²) in [5.41, 5.74) is 0. The van der Waals surface area contributed by atoms with Crippen LogP contribution in [0.5, 0.6) is 0 Å². The Labute approximate surface area is 70.0 Å². The first kappa shape index (κ1) is 9.01. The first-order chi connectivity index (χ1) is 5.33. The van der Waals surface area contributed by atoms with E-state index in [1.807, 2.05) is 7.05 Å². The first-order valence-electron chi connectivity index (χ1n) is 4.66.